The minimum Gasteiger partial charge on any atom is -0.494 e. The number of halogens is 2. The zero-order chi connectivity index (χ0) is 17.5. The van der Waals surface area contributed by atoms with Crippen LogP contribution in [-0.2, 0) is 13.1 Å². The van der Waals surface area contributed by atoms with Crippen LogP contribution in [0.2, 0.25) is 0 Å². The summed E-state index contributed by atoms with van der Waals surface area (Å²) in [5.74, 6) is 0.121. The summed E-state index contributed by atoms with van der Waals surface area (Å²) < 4.78 is 32.1. The van der Waals surface area contributed by atoms with E-state index in [4.69, 9.17) is 4.74 Å². The van der Waals surface area contributed by atoms with Gasteiger partial charge in [0.2, 0.25) is 0 Å². The summed E-state index contributed by atoms with van der Waals surface area (Å²) in [5.41, 5.74) is 2.19. The number of rotatable bonds is 5. The Kier molecular flexibility index (Phi) is 6.12. The average molecular weight is 333 g/mol. The number of aliphatic imine (C=N–C) groups is 1. The highest BCUT2D eigenvalue weighted by Gasteiger charge is 2.05. The van der Waals surface area contributed by atoms with Gasteiger partial charge in [0, 0.05) is 20.1 Å². The number of hydrogen-bond donors (Lipinski definition) is 2. The molecule has 4 nitrogen and oxygen atoms in total. The van der Waals surface area contributed by atoms with Gasteiger partial charge in [-0.2, -0.15) is 0 Å². The summed E-state index contributed by atoms with van der Waals surface area (Å²) in [6.07, 6.45) is 0. The van der Waals surface area contributed by atoms with Crippen LogP contribution in [0, 0.1) is 18.6 Å². The zero-order valence-corrected chi connectivity index (χ0v) is 14.0. The van der Waals surface area contributed by atoms with Gasteiger partial charge >= 0.3 is 0 Å². The molecule has 128 valence electrons. The van der Waals surface area contributed by atoms with E-state index in [1.807, 2.05) is 6.07 Å². The number of benzene rings is 2. The molecule has 0 aromatic heterocycles. The van der Waals surface area contributed by atoms with Gasteiger partial charge in [-0.15, -0.1) is 0 Å². The molecule has 0 atom stereocenters. The van der Waals surface area contributed by atoms with Crippen LogP contribution in [-0.4, -0.2) is 20.1 Å². The van der Waals surface area contributed by atoms with Crippen LogP contribution < -0.4 is 15.4 Å². The molecule has 6 heteroatoms. The van der Waals surface area contributed by atoms with Crippen molar-refractivity contribution in [1.29, 1.82) is 0 Å². The van der Waals surface area contributed by atoms with E-state index in [1.165, 1.54) is 19.2 Å². The molecule has 0 heterocycles. The predicted octanol–water partition coefficient (Wildman–Crippen LogP) is 3.15. The fraction of sp³-hybridized carbons (Fsp3) is 0.278. The number of nitrogens with zero attached hydrogens (tertiary/aromatic N) is 1. The molecule has 0 radical (unpaired) electrons. The molecule has 0 aliphatic rings. The second-order valence-corrected chi connectivity index (χ2v) is 5.33. The molecule has 24 heavy (non-hydrogen) atoms. The van der Waals surface area contributed by atoms with Crippen LogP contribution in [0.5, 0.6) is 5.75 Å². The molecular formula is C18H21F2N3O. The third kappa shape index (κ3) is 4.68. The molecule has 0 spiro atoms. The van der Waals surface area contributed by atoms with E-state index in [9.17, 15) is 8.78 Å². The van der Waals surface area contributed by atoms with Gasteiger partial charge in [-0.3, -0.25) is 4.99 Å². The lowest BCUT2D eigenvalue weighted by Gasteiger charge is -2.13. The highest BCUT2D eigenvalue weighted by Crippen LogP contribution is 2.17. The normalized spacial score (nSPS) is 11.3. The Labute approximate surface area is 140 Å². The molecule has 0 fully saturated rings. The molecule has 0 amide bonds. The molecule has 2 aromatic carbocycles. The van der Waals surface area contributed by atoms with Crippen LogP contribution in [0.1, 0.15) is 16.7 Å². The van der Waals surface area contributed by atoms with Crippen molar-refractivity contribution in [2.24, 2.45) is 4.99 Å². The largest absolute Gasteiger partial charge is 0.494 e. The van der Waals surface area contributed by atoms with Crippen molar-refractivity contribution in [2.45, 2.75) is 20.0 Å². The fourth-order valence-electron chi connectivity index (χ4n) is 2.16. The Morgan fingerprint density at radius 3 is 2.08 bits per heavy atom. The molecule has 2 rings (SSSR count). The van der Waals surface area contributed by atoms with Crippen LogP contribution in [0.4, 0.5) is 8.78 Å². The quantitative estimate of drug-likeness (QED) is 0.653. The summed E-state index contributed by atoms with van der Waals surface area (Å²) >= 11 is 0. The van der Waals surface area contributed by atoms with Crippen molar-refractivity contribution in [2.75, 3.05) is 14.2 Å². The molecule has 2 aromatic rings. The Morgan fingerprint density at radius 1 is 1.00 bits per heavy atom. The number of methoxy groups -OCH3 is 1. The number of guanidine groups is 1. The van der Waals surface area contributed by atoms with Crippen molar-refractivity contribution in [3.8, 4) is 5.75 Å². The van der Waals surface area contributed by atoms with E-state index in [-0.39, 0.29) is 11.6 Å². The van der Waals surface area contributed by atoms with Gasteiger partial charge in [0.15, 0.2) is 17.5 Å². The van der Waals surface area contributed by atoms with Gasteiger partial charge in [0.05, 0.1) is 7.11 Å². The van der Waals surface area contributed by atoms with Gasteiger partial charge in [-0.05, 0) is 41.8 Å². The van der Waals surface area contributed by atoms with Crippen molar-refractivity contribution >= 4 is 5.96 Å². The second-order valence-electron chi connectivity index (χ2n) is 5.33. The summed E-state index contributed by atoms with van der Waals surface area (Å²) in [6, 6.07) is 9.86. The van der Waals surface area contributed by atoms with E-state index in [2.05, 4.69) is 15.6 Å². The highest BCUT2D eigenvalue weighted by molar-refractivity contribution is 5.79. The van der Waals surface area contributed by atoms with E-state index < -0.39 is 5.82 Å². The Balaban J connectivity index is 1.90. The minimum absolute atomic E-state index is 0.211. The first kappa shape index (κ1) is 17.7. The highest BCUT2D eigenvalue weighted by atomic mass is 19.1. The molecule has 0 aliphatic carbocycles. The lowest BCUT2D eigenvalue weighted by atomic mass is 10.1. The average Bonchev–Trinajstić information content (AvgIpc) is 2.58. The first-order valence-corrected chi connectivity index (χ1v) is 7.55. The maximum atomic E-state index is 13.7. The van der Waals surface area contributed by atoms with Crippen LogP contribution in [0.3, 0.4) is 0 Å². The number of hydrogen-bond acceptors (Lipinski definition) is 2. The third-order valence-corrected chi connectivity index (χ3v) is 3.60. The number of nitrogens with one attached hydrogen (secondary N) is 2. The molecular weight excluding hydrogens is 312 g/mol. The summed E-state index contributed by atoms with van der Waals surface area (Å²) in [4.78, 5) is 4.10. The third-order valence-electron chi connectivity index (χ3n) is 3.60. The van der Waals surface area contributed by atoms with E-state index in [0.717, 1.165) is 11.1 Å². The van der Waals surface area contributed by atoms with Gasteiger partial charge in [-0.1, -0.05) is 18.2 Å². The summed E-state index contributed by atoms with van der Waals surface area (Å²) in [7, 11) is 3.07. The van der Waals surface area contributed by atoms with Gasteiger partial charge in [-0.25, -0.2) is 8.78 Å². The van der Waals surface area contributed by atoms with E-state index in [1.54, 1.807) is 32.2 Å². The van der Waals surface area contributed by atoms with Crippen molar-refractivity contribution in [3.05, 3.63) is 64.7 Å². The molecule has 0 saturated carbocycles. The first-order chi connectivity index (χ1) is 11.5. The SMILES string of the molecule is CN=C(NCc1ccc(C)c(F)c1)NCc1ccc(OC)c(F)c1. The van der Waals surface area contributed by atoms with Crippen molar-refractivity contribution < 1.29 is 13.5 Å². The Morgan fingerprint density at radius 2 is 1.58 bits per heavy atom. The van der Waals surface area contributed by atoms with Crippen LogP contribution in [0.15, 0.2) is 41.4 Å². The first-order valence-electron chi connectivity index (χ1n) is 7.55. The molecule has 2 N–H and O–H groups in total. The van der Waals surface area contributed by atoms with Crippen molar-refractivity contribution in [3.63, 3.8) is 0 Å². The number of aryl methyl sites for hydroxylation is 1. The molecule has 0 bridgehead atoms. The molecule has 0 unspecified atom stereocenters. The molecule has 0 aliphatic heterocycles. The maximum absolute atomic E-state index is 13.7. The molecule has 0 saturated heterocycles. The number of ether oxygens (including phenoxy) is 1. The predicted molar refractivity (Wildman–Crippen MR) is 91.1 cm³/mol. The van der Waals surface area contributed by atoms with Crippen LogP contribution in [0.25, 0.3) is 0 Å². The zero-order valence-electron chi connectivity index (χ0n) is 14.0. The smallest absolute Gasteiger partial charge is 0.191 e. The second kappa shape index (κ2) is 8.29. The van der Waals surface area contributed by atoms with Gasteiger partial charge < -0.3 is 15.4 Å². The van der Waals surface area contributed by atoms with Gasteiger partial charge in [0.25, 0.3) is 0 Å². The monoisotopic (exact) mass is 333 g/mol. The van der Waals surface area contributed by atoms with Gasteiger partial charge in [0.1, 0.15) is 5.82 Å². The Hall–Kier alpha value is -2.63. The van der Waals surface area contributed by atoms with E-state index >= 15 is 0 Å². The topological polar surface area (TPSA) is 45.7 Å². The van der Waals surface area contributed by atoms with E-state index in [0.29, 0.717) is 24.6 Å². The standard InChI is InChI=1S/C18H21F2N3O/c1-12-4-5-13(8-15(12)19)10-22-18(21-2)23-11-14-6-7-17(24-3)16(20)9-14/h4-9H,10-11H2,1-3H3,(H2,21,22,23). The maximum Gasteiger partial charge on any atom is 0.191 e. The lowest BCUT2D eigenvalue weighted by molar-refractivity contribution is 0.386. The summed E-state index contributed by atoms with van der Waals surface area (Å²) in [5, 5.41) is 6.18. The Bertz CT molecular complexity index is 732. The fourth-order valence-corrected chi connectivity index (χ4v) is 2.16. The van der Waals surface area contributed by atoms with Crippen LogP contribution >= 0.6 is 0 Å². The minimum atomic E-state index is -0.408. The van der Waals surface area contributed by atoms with Crippen molar-refractivity contribution in [1.82, 2.24) is 10.6 Å². The lowest BCUT2D eigenvalue weighted by Crippen LogP contribution is -2.36. The summed E-state index contributed by atoms with van der Waals surface area (Å²) in [6.45, 7) is 2.57.